The summed E-state index contributed by atoms with van der Waals surface area (Å²) in [4.78, 5) is 37.4. The molecule has 0 aliphatic carbocycles. The Balaban J connectivity index is 1.69. The summed E-state index contributed by atoms with van der Waals surface area (Å²) in [5.41, 5.74) is 1.83. The Morgan fingerprint density at radius 1 is 1.00 bits per heavy atom. The smallest absolute Gasteiger partial charge is 0.341 e. The SMILES string of the molecule is C[C@@H](OC(=O)c1cn(C)c2ccccc12)C(=O)c1ccc(NC(=O)C(C)(C)C)cc1. The summed E-state index contributed by atoms with van der Waals surface area (Å²) in [6.45, 7) is 7.03. The molecule has 0 aliphatic heterocycles. The molecule has 2 aromatic carbocycles. The van der Waals surface area contributed by atoms with Crippen LogP contribution in [0.3, 0.4) is 0 Å². The van der Waals surface area contributed by atoms with Crippen LogP contribution in [0, 0.1) is 5.41 Å². The minimum atomic E-state index is -0.938. The van der Waals surface area contributed by atoms with E-state index < -0.39 is 17.5 Å². The number of rotatable bonds is 5. The van der Waals surface area contributed by atoms with Gasteiger partial charge in [0.2, 0.25) is 11.7 Å². The maximum atomic E-state index is 12.7. The quantitative estimate of drug-likeness (QED) is 0.497. The lowest BCUT2D eigenvalue weighted by Gasteiger charge is -2.18. The first-order chi connectivity index (χ1) is 14.1. The van der Waals surface area contributed by atoms with E-state index in [4.69, 9.17) is 4.74 Å². The van der Waals surface area contributed by atoms with Gasteiger partial charge in [-0.05, 0) is 37.3 Å². The predicted molar refractivity (Wildman–Crippen MR) is 117 cm³/mol. The third-order valence-electron chi connectivity index (χ3n) is 4.88. The number of benzene rings is 2. The van der Waals surface area contributed by atoms with Gasteiger partial charge in [-0.1, -0.05) is 39.0 Å². The number of carbonyl (C=O) groups excluding carboxylic acids is 3. The number of hydrogen-bond donors (Lipinski definition) is 1. The zero-order valence-electron chi connectivity index (χ0n) is 17.9. The fourth-order valence-corrected chi connectivity index (χ4v) is 3.05. The summed E-state index contributed by atoms with van der Waals surface area (Å²) in [5, 5.41) is 3.59. The molecule has 6 heteroatoms. The first-order valence-electron chi connectivity index (χ1n) is 9.78. The number of hydrogen-bond acceptors (Lipinski definition) is 4. The number of nitrogens with zero attached hydrogens (tertiary/aromatic N) is 1. The monoisotopic (exact) mass is 406 g/mol. The topological polar surface area (TPSA) is 77.4 Å². The molecule has 1 atom stereocenters. The number of ketones is 1. The molecule has 0 bridgehead atoms. The van der Waals surface area contributed by atoms with E-state index in [9.17, 15) is 14.4 Å². The Hall–Kier alpha value is -3.41. The second kappa shape index (κ2) is 8.14. The molecule has 0 fully saturated rings. The number of Topliss-reactive ketones (excluding diaryl/α,β-unsaturated/α-hetero) is 1. The summed E-state index contributed by atoms with van der Waals surface area (Å²) in [6, 6.07) is 14.1. The number of amides is 1. The van der Waals surface area contributed by atoms with Gasteiger partial charge in [-0.2, -0.15) is 0 Å². The van der Waals surface area contributed by atoms with Gasteiger partial charge < -0.3 is 14.6 Å². The molecular formula is C24H26N2O4. The average Bonchev–Trinajstić information content (AvgIpc) is 3.04. The predicted octanol–water partition coefficient (Wildman–Crippen LogP) is 4.59. The van der Waals surface area contributed by atoms with E-state index in [1.165, 1.54) is 0 Å². The molecule has 0 unspecified atom stereocenters. The number of ether oxygens (including phenoxy) is 1. The van der Waals surface area contributed by atoms with Gasteiger partial charge in [-0.15, -0.1) is 0 Å². The molecule has 1 N–H and O–H groups in total. The van der Waals surface area contributed by atoms with Gasteiger partial charge in [0.25, 0.3) is 0 Å². The van der Waals surface area contributed by atoms with Gasteiger partial charge in [0.1, 0.15) is 0 Å². The van der Waals surface area contributed by atoms with Crippen LogP contribution in [0.15, 0.2) is 54.7 Å². The third-order valence-corrected chi connectivity index (χ3v) is 4.88. The van der Waals surface area contributed by atoms with E-state index in [1.807, 2.05) is 56.7 Å². The third kappa shape index (κ3) is 4.43. The van der Waals surface area contributed by atoms with Crippen molar-refractivity contribution in [3.05, 3.63) is 65.9 Å². The molecule has 30 heavy (non-hydrogen) atoms. The van der Waals surface area contributed by atoms with Gasteiger partial charge >= 0.3 is 5.97 Å². The number of carbonyl (C=O) groups is 3. The first-order valence-corrected chi connectivity index (χ1v) is 9.78. The molecule has 3 rings (SSSR count). The van der Waals surface area contributed by atoms with Gasteiger partial charge in [0.05, 0.1) is 5.56 Å². The molecule has 1 aromatic heterocycles. The van der Waals surface area contributed by atoms with Crippen LogP contribution in [-0.2, 0) is 16.6 Å². The average molecular weight is 406 g/mol. The highest BCUT2D eigenvalue weighted by molar-refractivity contribution is 6.06. The van der Waals surface area contributed by atoms with Crippen molar-refractivity contribution >= 4 is 34.3 Å². The maximum absolute atomic E-state index is 12.7. The highest BCUT2D eigenvalue weighted by Gasteiger charge is 2.24. The van der Waals surface area contributed by atoms with Crippen molar-refractivity contribution < 1.29 is 19.1 Å². The molecule has 1 amide bonds. The Bertz CT molecular complexity index is 1100. The van der Waals surface area contributed by atoms with Crippen LogP contribution in [0.25, 0.3) is 10.9 Å². The molecule has 3 aromatic rings. The number of nitrogens with one attached hydrogen (secondary N) is 1. The highest BCUT2D eigenvalue weighted by atomic mass is 16.5. The zero-order chi connectivity index (χ0) is 22.1. The van der Waals surface area contributed by atoms with Crippen molar-refractivity contribution in [2.45, 2.75) is 33.8 Å². The summed E-state index contributed by atoms with van der Waals surface area (Å²) >= 11 is 0. The number of aromatic nitrogens is 1. The van der Waals surface area contributed by atoms with Crippen molar-refractivity contribution in [3.8, 4) is 0 Å². The lowest BCUT2D eigenvalue weighted by Crippen LogP contribution is -2.27. The van der Waals surface area contributed by atoms with Crippen LogP contribution in [0.4, 0.5) is 5.69 Å². The lowest BCUT2D eigenvalue weighted by atomic mass is 9.95. The summed E-state index contributed by atoms with van der Waals surface area (Å²) in [6.07, 6.45) is 0.767. The number of anilines is 1. The van der Waals surface area contributed by atoms with Gasteiger partial charge in [0, 0.05) is 40.8 Å². The van der Waals surface area contributed by atoms with Crippen molar-refractivity contribution in [3.63, 3.8) is 0 Å². The molecule has 0 spiro atoms. The standard InChI is InChI=1S/C24H26N2O4/c1-15(30-22(28)19-14-26(5)20-9-7-6-8-18(19)20)21(27)16-10-12-17(13-11-16)25-23(29)24(2,3)4/h6-15H,1-5H3,(H,25,29)/t15-/m1/s1. The highest BCUT2D eigenvalue weighted by Crippen LogP contribution is 2.22. The van der Waals surface area contributed by atoms with Crippen LogP contribution in [0.5, 0.6) is 0 Å². The summed E-state index contributed by atoms with van der Waals surface area (Å²) in [7, 11) is 1.85. The van der Waals surface area contributed by atoms with Crippen LogP contribution < -0.4 is 5.32 Å². The Labute approximate surface area is 175 Å². The summed E-state index contributed by atoms with van der Waals surface area (Å²) in [5.74, 6) is -0.960. The Kier molecular flexibility index (Phi) is 5.78. The fourth-order valence-electron chi connectivity index (χ4n) is 3.05. The normalized spacial score (nSPS) is 12.4. The number of esters is 1. The summed E-state index contributed by atoms with van der Waals surface area (Å²) < 4.78 is 7.29. The minimum Gasteiger partial charge on any atom is -0.451 e. The molecule has 0 saturated carbocycles. The van der Waals surface area contributed by atoms with Crippen LogP contribution in [0.1, 0.15) is 48.4 Å². The largest absolute Gasteiger partial charge is 0.451 e. The number of para-hydroxylation sites is 1. The van der Waals surface area contributed by atoms with E-state index in [0.29, 0.717) is 16.8 Å². The van der Waals surface area contributed by atoms with E-state index >= 15 is 0 Å². The molecule has 6 nitrogen and oxygen atoms in total. The van der Waals surface area contributed by atoms with E-state index in [0.717, 1.165) is 10.9 Å². The second-order valence-electron chi connectivity index (χ2n) is 8.36. The van der Waals surface area contributed by atoms with E-state index in [-0.39, 0.29) is 11.7 Å². The number of aryl methyl sites for hydroxylation is 1. The molecular weight excluding hydrogens is 380 g/mol. The van der Waals surface area contributed by atoms with Crippen LogP contribution in [0.2, 0.25) is 0 Å². The first kappa shape index (κ1) is 21.3. The lowest BCUT2D eigenvalue weighted by molar-refractivity contribution is -0.123. The van der Waals surface area contributed by atoms with E-state index in [2.05, 4.69) is 5.32 Å². The zero-order valence-corrected chi connectivity index (χ0v) is 17.9. The molecule has 156 valence electrons. The van der Waals surface area contributed by atoms with Crippen LogP contribution >= 0.6 is 0 Å². The fraction of sp³-hybridized carbons (Fsp3) is 0.292. The van der Waals surface area contributed by atoms with Gasteiger partial charge in [-0.3, -0.25) is 9.59 Å². The molecule has 0 aliphatic rings. The Morgan fingerprint density at radius 3 is 2.27 bits per heavy atom. The Morgan fingerprint density at radius 2 is 1.63 bits per heavy atom. The van der Waals surface area contributed by atoms with Crippen molar-refractivity contribution in [1.82, 2.24) is 4.57 Å². The number of fused-ring (bicyclic) bond motifs is 1. The van der Waals surface area contributed by atoms with Gasteiger partial charge in [0.15, 0.2) is 6.10 Å². The van der Waals surface area contributed by atoms with E-state index in [1.54, 1.807) is 37.4 Å². The second-order valence-corrected chi connectivity index (χ2v) is 8.36. The van der Waals surface area contributed by atoms with Crippen molar-refractivity contribution in [2.75, 3.05) is 5.32 Å². The molecule has 1 heterocycles. The van der Waals surface area contributed by atoms with Crippen LogP contribution in [-0.4, -0.2) is 28.3 Å². The molecule has 0 radical (unpaired) electrons. The maximum Gasteiger partial charge on any atom is 0.341 e. The van der Waals surface area contributed by atoms with Crippen molar-refractivity contribution in [1.29, 1.82) is 0 Å². The minimum absolute atomic E-state index is 0.112. The van der Waals surface area contributed by atoms with Crippen molar-refractivity contribution in [2.24, 2.45) is 12.5 Å². The molecule has 0 saturated heterocycles. The van der Waals surface area contributed by atoms with Gasteiger partial charge in [-0.25, -0.2) is 4.79 Å².